The highest BCUT2D eigenvalue weighted by molar-refractivity contribution is 5.79. The quantitative estimate of drug-likeness (QED) is 0.315. The Labute approximate surface area is 224 Å². The first kappa shape index (κ1) is 25.5. The highest BCUT2D eigenvalue weighted by Gasteiger charge is 2.27. The van der Waals surface area contributed by atoms with E-state index in [1.165, 1.54) is 11.1 Å². The van der Waals surface area contributed by atoms with Gasteiger partial charge in [0.05, 0.1) is 18.7 Å². The fourth-order valence-electron chi connectivity index (χ4n) is 5.22. The maximum atomic E-state index is 13.2. The predicted molar refractivity (Wildman–Crippen MR) is 151 cm³/mol. The van der Waals surface area contributed by atoms with Gasteiger partial charge in [0.2, 0.25) is 5.91 Å². The van der Waals surface area contributed by atoms with Gasteiger partial charge in [0, 0.05) is 37.2 Å². The van der Waals surface area contributed by atoms with Gasteiger partial charge >= 0.3 is 0 Å². The molecule has 1 atom stereocenters. The van der Waals surface area contributed by atoms with Crippen molar-refractivity contribution in [3.8, 4) is 17.0 Å². The highest BCUT2D eigenvalue weighted by atomic mass is 16.5. The third-order valence-corrected chi connectivity index (χ3v) is 7.29. The third kappa shape index (κ3) is 6.20. The molecule has 0 aliphatic carbocycles. The molecule has 1 aliphatic rings. The molecular weight excluding hydrogens is 472 g/mol. The molecule has 0 radical (unpaired) electrons. The number of nitrogens with zero attached hydrogens (tertiary/aromatic N) is 3. The monoisotopic (exact) mass is 506 g/mol. The number of aromatic nitrogens is 2. The molecule has 1 fully saturated rings. The van der Waals surface area contributed by atoms with Gasteiger partial charge in [-0.05, 0) is 54.7 Å². The van der Waals surface area contributed by atoms with Crippen LogP contribution in [0.4, 0.5) is 5.82 Å². The summed E-state index contributed by atoms with van der Waals surface area (Å²) in [6, 6.07) is 30.9. The van der Waals surface area contributed by atoms with Crippen molar-refractivity contribution in [3.05, 3.63) is 108 Å². The lowest BCUT2D eigenvalue weighted by molar-refractivity contribution is -0.125. The van der Waals surface area contributed by atoms with E-state index in [0.29, 0.717) is 13.1 Å². The van der Waals surface area contributed by atoms with E-state index in [2.05, 4.69) is 68.7 Å². The molecule has 0 bridgehead atoms. The van der Waals surface area contributed by atoms with E-state index in [4.69, 9.17) is 4.74 Å². The van der Waals surface area contributed by atoms with Gasteiger partial charge in [-0.3, -0.25) is 4.79 Å². The van der Waals surface area contributed by atoms with Crippen LogP contribution < -0.4 is 15.0 Å². The number of hydrogen-bond acceptors (Lipinski definition) is 5. The van der Waals surface area contributed by atoms with Gasteiger partial charge in [-0.25, -0.2) is 9.97 Å². The molecule has 6 heteroatoms. The summed E-state index contributed by atoms with van der Waals surface area (Å²) < 4.78 is 5.27. The summed E-state index contributed by atoms with van der Waals surface area (Å²) in [6.07, 6.45) is 4.30. The Balaban J connectivity index is 1.20. The third-order valence-electron chi connectivity index (χ3n) is 7.29. The zero-order valence-electron chi connectivity index (χ0n) is 21.8. The van der Waals surface area contributed by atoms with Crippen LogP contribution in [0.2, 0.25) is 0 Å². The number of benzene rings is 3. The Bertz CT molecular complexity index is 1270. The van der Waals surface area contributed by atoms with Crippen molar-refractivity contribution >= 4 is 11.7 Å². The Kier molecular flexibility index (Phi) is 8.29. The molecule has 1 aromatic heterocycles. The maximum Gasteiger partial charge on any atom is 0.224 e. The fraction of sp³-hybridized carbons (Fsp3) is 0.281. The average Bonchev–Trinajstić information content (AvgIpc) is 3.00. The lowest BCUT2D eigenvalue weighted by Crippen LogP contribution is -2.43. The lowest BCUT2D eigenvalue weighted by atomic mass is 9.88. The van der Waals surface area contributed by atoms with Crippen molar-refractivity contribution in [3.63, 3.8) is 0 Å². The Morgan fingerprint density at radius 3 is 2.32 bits per heavy atom. The Morgan fingerprint density at radius 1 is 0.974 bits per heavy atom. The number of carbonyl (C=O) groups excluding carboxylic acids is 1. The maximum absolute atomic E-state index is 13.2. The molecule has 2 heterocycles. The molecular formula is C32H34N4O2. The van der Waals surface area contributed by atoms with Crippen LogP contribution in [0, 0.1) is 5.92 Å². The summed E-state index contributed by atoms with van der Waals surface area (Å²) in [5.41, 5.74) is 4.41. The van der Waals surface area contributed by atoms with E-state index in [-0.39, 0.29) is 17.7 Å². The number of amides is 1. The molecule has 38 heavy (non-hydrogen) atoms. The smallest absolute Gasteiger partial charge is 0.224 e. The van der Waals surface area contributed by atoms with Crippen LogP contribution in [0.5, 0.6) is 5.75 Å². The summed E-state index contributed by atoms with van der Waals surface area (Å²) in [5.74, 6) is 1.98. The molecule has 194 valence electrons. The molecule has 0 saturated carbocycles. The molecule has 0 spiro atoms. The van der Waals surface area contributed by atoms with E-state index >= 15 is 0 Å². The summed E-state index contributed by atoms with van der Waals surface area (Å²) in [7, 11) is 1.66. The minimum atomic E-state index is -0.0601. The molecule has 1 aliphatic heterocycles. The van der Waals surface area contributed by atoms with Crippen molar-refractivity contribution in [1.82, 2.24) is 15.3 Å². The second-order valence-electron chi connectivity index (χ2n) is 9.73. The van der Waals surface area contributed by atoms with Gasteiger partial charge in [0.1, 0.15) is 17.9 Å². The van der Waals surface area contributed by atoms with Gasteiger partial charge in [-0.1, -0.05) is 60.7 Å². The number of hydrogen-bond donors (Lipinski definition) is 1. The molecule has 1 N–H and O–H groups in total. The predicted octanol–water partition coefficient (Wildman–Crippen LogP) is 5.71. The van der Waals surface area contributed by atoms with Gasteiger partial charge in [0.15, 0.2) is 0 Å². The molecule has 3 aromatic carbocycles. The number of carbonyl (C=O) groups is 1. The number of nitrogens with one attached hydrogen (secondary N) is 1. The van der Waals surface area contributed by atoms with Crippen molar-refractivity contribution in [2.24, 2.45) is 5.92 Å². The lowest BCUT2D eigenvalue weighted by Gasteiger charge is -2.33. The van der Waals surface area contributed by atoms with E-state index in [1.54, 1.807) is 13.4 Å². The first-order chi connectivity index (χ1) is 18.7. The van der Waals surface area contributed by atoms with Crippen molar-refractivity contribution in [2.75, 3.05) is 31.6 Å². The number of anilines is 1. The Morgan fingerprint density at radius 2 is 1.66 bits per heavy atom. The van der Waals surface area contributed by atoms with E-state index in [0.717, 1.165) is 48.6 Å². The zero-order valence-corrected chi connectivity index (χ0v) is 21.8. The second kappa shape index (κ2) is 12.4. The SMILES string of the molecule is COc1ccc(-c2cc(N3CCCC(C(=O)NCCC(c4ccccc4)c4ccccc4)C3)ncn2)cc1. The molecule has 1 saturated heterocycles. The standard InChI is InChI=1S/C32H34N4O2/c1-38-28-16-14-26(15-17-28)30-21-31(35-23-34-30)36-20-8-13-27(22-36)32(37)33-19-18-29(24-9-4-2-5-10-24)25-11-6-3-7-12-25/h2-7,9-12,14-17,21,23,27,29H,8,13,18-20,22H2,1H3,(H,33,37). The van der Waals surface area contributed by atoms with Gasteiger partial charge in [-0.2, -0.15) is 0 Å². The van der Waals surface area contributed by atoms with Crippen LogP contribution in [0.1, 0.15) is 36.3 Å². The first-order valence-electron chi connectivity index (χ1n) is 13.3. The summed E-state index contributed by atoms with van der Waals surface area (Å²) in [5, 5.41) is 3.23. The highest BCUT2D eigenvalue weighted by Crippen LogP contribution is 2.28. The van der Waals surface area contributed by atoms with Gasteiger partial charge in [0.25, 0.3) is 0 Å². The van der Waals surface area contributed by atoms with Crippen molar-refractivity contribution in [2.45, 2.75) is 25.2 Å². The normalized spacial score (nSPS) is 15.3. The second-order valence-corrected chi connectivity index (χ2v) is 9.73. The van der Waals surface area contributed by atoms with Crippen LogP contribution >= 0.6 is 0 Å². The minimum Gasteiger partial charge on any atom is -0.497 e. The first-order valence-corrected chi connectivity index (χ1v) is 13.3. The average molecular weight is 507 g/mol. The van der Waals surface area contributed by atoms with Crippen LogP contribution in [-0.4, -0.2) is 42.6 Å². The van der Waals surface area contributed by atoms with E-state index < -0.39 is 0 Å². The van der Waals surface area contributed by atoms with E-state index in [1.807, 2.05) is 42.5 Å². The summed E-state index contributed by atoms with van der Waals surface area (Å²) in [6.45, 7) is 2.18. The molecule has 5 rings (SSSR count). The van der Waals surface area contributed by atoms with Crippen LogP contribution in [0.3, 0.4) is 0 Å². The van der Waals surface area contributed by atoms with Crippen LogP contribution in [0.15, 0.2) is 97.3 Å². The van der Waals surface area contributed by atoms with Crippen molar-refractivity contribution < 1.29 is 9.53 Å². The molecule has 6 nitrogen and oxygen atoms in total. The van der Waals surface area contributed by atoms with Gasteiger partial charge < -0.3 is 15.0 Å². The zero-order chi connectivity index (χ0) is 26.2. The number of rotatable bonds is 9. The summed E-state index contributed by atoms with van der Waals surface area (Å²) >= 11 is 0. The largest absolute Gasteiger partial charge is 0.497 e. The Hall–Kier alpha value is -4.19. The van der Waals surface area contributed by atoms with Crippen LogP contribution in [-0.2, 0) is 4.79 Å². The van der Waals surface area contributed by atoms with Gasteiger partial charge in [-0.15, -0.1) is 0 Å². The number of ether oxygens (including phenoxy) is 1. The topological polar surface area (TPSA) is 67.3 Å². The van der Waals surface area contributed by atoms with Crippen molar-refractivity contribution in [1.29, 1.82) is 0 Å². The summed E-state index contributed by atoms with van der Waals surface area (Å²) in [4.78, 5) is 24.4. The molecule has 4 aromatic rings. The number of piperidine rings is 1. The molecule has 1 unspecified atom stereocenters. The minimum absolute atomic E-state index is 0.0601. The number of methoxy groups -OCH3 is 1. The molecule has 1 amide bonds. The fourth-order valence-corrected chi connectivity index (χ4v) is 5.22. The van der Waals surface area contributed by atoms with E-state index in [9.17, 15) is 4.79 Å². The van der Waals surface area contributed by atoms with Crippen LogP contribution in [0.25, 0.3) is 11.3 Å².